The molecule has 18 heteroatoms. The number of hydrogen-bond donors (Lipinski definition) is 2. The van der Waals surface area contributed by atoms with Crippen molar-refractivity contribution < 1.29 is 32.7 Å². The number of carbonyl (C=O) groups excluding carboxylic acids is 4. The first-order valence-corrected chi connectivity index (χ1v) is 25.7. The minimum Gasteiger partial charge on any atom is -0.492 e. The van der Waals surface area contributed by atoms with E-state index in [4.69, 9.17) is 9.72 Å². The Morgan fingerprint density at radius 1 is 0.944 bits per heavy atom. The Balaban J connectivity index is 0.676. The maximum Gasteiger partial charge on any atom is 0.254 e. The summed E-state index contributed by atoms with van der Waals surface area (Å²) in [5.74, 6) is -0.511. The summed E-state index contributed by atoms with van der Waals surface area (Å²) in [5, 5.41) is 19.8. The summed E-state index contributed by atoms with van der Waals surface area (Å²) in [4.78, 5) is 68.0. The van der Waals surface area contributed by atoms with Crippen LogP contribution in [0.15, 0.2) is 78.3 Å². The van der Waals surface area contributed by atoms with E-state index in [0.717, 1.165) is 111 Å². The minimum absolute atomic E-state index is 0.0511. The third kappa shape index (κ3) is 9.38. The molecule has 4 amide bonds. The molecule has 376 valence electrons. The lowest BCUT2D eigenvalue weighted by Crippen LogP contribution is -2.65. The monoisotopic (exact) mass is 981 g/mol. The molecule has 2 unspecified atom stereocenters. The molecular weight excluding hydrogens is 921 g/mol. The summed E-state index contributed by atoms with van der Waals surface area (Å²) in [7, 11) is 0. The maximum absolute atomic E-state index is 15.0. The number of nitrogens with one attached hydrogen (secondary N) is 2. The van der Waals surface area contributed by atoms with Gasteiger partial charge in [0.2, 0.25) is 11.8 Å². The standard InChI is InChI=1S/C54H61F2N11O5/c1-2-72-42-25-43(50-38(26-57)28-59-67(50)32-42)36-5-9-48(58-27-36)64-21-15-54(16-22-64,61-51(69)45-24-39(55)6-7-46(45)56)33-62-17-13-40(14-18-62)65-30-41(31-65)63-19-11-34(12-20-63)35-3-4-37-29-66(53(71)44(37)23-35)47-8-10-49(68)60-52(47)70/h3-7,9,24-25,27-28,32,34-35,40-41,47H,2,8,10-23,29-31,33H2,1H3,(H,61,69)(H,60,68,70). The zero-order valence-corrected chi connectivity index (χ0v) is 40.7. The van der Waals surface area contributed by atoms with Crippen LogP contribution in [0.1, 0.15) is 80.6 Å². The van der Waals surface area contributed by atoms with Crippen LogP contribution < -0.4 is 20.3 Å². The van der Waals surface area contributed by atoms with Crippen LogP contribution in [-0.4, -0.2) is 154 Å². The van der Waals surface area contributed by atoms with Crippen LogP contribution in [0.3, 0.4) is 0 Å². The molecule has 5 fully saturated rings. The van der Waals surface area contributed by atoms with E-state index in [2.05, 4.69) is 53.6 Å². The highest BCUT2D eigenvalue weighted by Gasteiger charge is 2.45. The average molecular weight is 982 g/mol. The Labute approximate surface area is 417 Å². The predicted molar refractivity (Wildman–Crippen MR) is 264 cm³/mol. The number of nitrogens with zero attached hydrogens (tertiary/aromatic N) is 9. The highest BCUT2D eigenvalue weighted by atomic mass is 19.1. The lowest BCUT2D eigenvalue weighted by Gasteiger charge is -2.53. The largest absolute Gasteiger partial charge is 0.492 e. The fourth-order valence-corrected chi connectivity index (χ4v) is 12.6. The van der Waals surface area contributed by atoms with Gasteiger partial charge in [0.25, 0.3) is 11.8 Å². The van der Waals surface area contributed by atoms with E-state index in [1.165, 1.54) is 0 Å². The van der Waals surface area contributed by atoms with Gasteiger partial charge >= 0.3 is 0 Å². The number of carbonyl (C=O) groups is 4. The summed E-state index contributed by atoms with van der Waals surface area (Å²) < 4.78 is 36.8. The van der Waals surface area contributed by atoms with Crippen molar-refractivity contribution in [2.45, 2.75) is 88.4 Å². The van der Waals surface area contributed by atoms with Crippen LogP contribution in [0.5, 0.6) is 5.75 Å². The second kappa shape index (κ2) is 19.8. The van der Waals surface area contributed by atoms with Crippen LogP contribution in [0.25, 0.3) is 16.6 Å². The number of hydrogen-bond acceptors (Lipinski definition) is 12. The van der Waals surface area contributed by atoms with Gasteiger partial charge in [-0.2, -0.15) is 10.4 Å². The van der Waals surface area contributed by atoms with Gasteiger partial charge in [-0.15, -0.1) is 0 Å². The molecule has 4 aromatic rings. The van der Waals surface area contributed by atoms with Gasteiger partial charge in [-0.3, -0.25) is 34.3 Å². The first kappa shape index (κ1) is 47.8. The number of halogens is 2. The summed E-state index contributed by atoms with van der Waals surface area (Å²) in [6.07, 6.45) is 16.2. The van der Waals surface area contributed by atoms with E-state index in [-0.39, 0.29) is 29.7 Å². The van der Waals surface area contributed by atoms with Crippen LogP contribution in [-0.2, 0) is 14.4 Å². The topological polar surface area (TPSA) is 172 Å². The number of anilines is 1. The van der Waals surface area contributed by atoms with E-state index in [1.54, 1.807) is 28.0 Å². The minimum atomic E-state index is -0.758. The molecule has 2 atom stereocenters. The number of allylic oxidation sites excluding steroid dienone is 1. The van der Waals surface area contributed by atoms with Gasteiger partial charge in [0.1, 0.15) is 35.3 Å². The molecule has 16 nitrogen and oxygen atoms in total. The van der Waals surface area contributed by atoms with Crippen molar-refractivity contribution in [3.05, 3.63) is 101 Å². The van der Waals surface area contributed by atoms with Gasteiger partial charge in [-0.1, -0.05) is 12.2 Å². The second-order valence-electron chi connectivity index (χ2n) is 20.9. The molecule has 9 heterocycles. The average Bonchev–Trinajstić information content (AvgIpc) is 3.95. The van der Waals surface area contributed by atoms with Crippen molar-refractivity contribution in [1.29, 1.82) is 5.26 Å². The molecule has 2 N–H and O–H groups in total. The van der Waals surface area contributed by atoms with Crippen LogP contribution in [0, 0.1) is 34.8 Å². The van der Waals surface area contributed by atoms with E-state index in [9.17, 15) is 33.2 Å². The summed E-state index contributed by atoms with van der Waals surface area (Å²) in [5.41, 5.74) is 3.60. The number of fused-ring (bicyclic) bond motifs is 1. The highest BCUT2D eigenvalue weighted by Crippen LogP contribution is 2.40. The number of ether oxygens (including phenoxy) is 1. The molecule has 0 radical (unpaired) electrons. The quantitative estimate of drug-likeness (QED) is 0.181. The molecule has 1 aromatic carbocycles. The fraction of sp³-hybridized carbons (Fsp3) is 0.500. The normalized spacial score (nSPS) is 23.8. The number of imide groups is 1. The van der Waals surface area contributed by atoms with Crippen LogP contribution >= 0.6 is 0 Å². The van der Waals surface area contributed by atoms with Gasteiger partial charge in [0.15, 0.2) is 0 Å². The molecule has 11 rings (SSSR count). The first-order chi connectivity index (χ1) is 34.9. The van der Waals surface area contributed by atoms with Crippen molar-refractivity contribution in [2.75, 3.05) is 77.0 Å². The predicted octanol–water partition coefficient (Wildman–Crippen LogP) is 5.09. The van der Waals surface area contributed by atoms with E-state index >= 15 is 0 Å². The van der Waals surface area contributed by atoms with Gasteiger partial charge < -0.3 is 24.8 Å². The van der Waals surface area contributed by atoms with Crippen molar-refractivity contribution >= 4 is 35.0 Å². The summed E-state index contributed by atoms with van der Waals surface area (Å²) in [6.45, 7) is 10.6. The lowest BCUT2D eigenvalue weighted by molar-refractivity contribution is -0.142. The number of piperidine rings is 4. The Bertz CT molecular complexity index is 2870. The van der Waals surface area contributed by atoms with Gasteiger partial charge in [-0.05, 0) is 138 Å². The molecule has 3 aromatic heterocycles. The third-order valence-corrected chi connectivity index (χ3v) is 16.7. The lowest BCUT2D eigenvalue weighted by atomic mass is 9.77. The third-order valence-electron chi connectivity index (χ3n) is 16.7. The van der Waals surface area contributed by atoms with Gasteiger partial charge in [-0.25, -0.2) is 18.3 Å². The first-order valence-electron chi connectivity index (χ1n) is 25.7. The second-order valence-corrected chi connectivity index (χ2v) is 20.9. The van der Waals surface area contributed by atoms with Gasteiger partial charge in [0.05, 0.1) is 41.2 Å². The highest BCUT2D eigenvalue weighted by molar-refractivity contribution is 6.05. The number of nitriles is 1. The molecular formula is C54H61F2N11O5. The van der Waals surface area contributed by atoms with Crippen LogP contribution in [0.2, 0.25) is 0 Å². The van der Waals surface area contributed by atoms with Gasteiger partial charge in [0, 0.05) is 80.7 Å². The Morgan fingerprint density at radius 3 is 2.46 bits per heavy atom. The van der Waals surface area contributed by atoms with E-state index in [1.807, 2.05) is 25.1 Å². The Kier molecular flexibility index (Phi) is 13.1. The fourth-order valence-electron chi connectivity index (χ4n) is 12.6. The Hall–Kier alpha value is -6.55. The molecule has 6 aliphatic heterocycles. The number of benzene rings is 1. The number of pyridine rings is 2. The molecule has 72 heavy (non-hydrogen) atoms. The van der Waals surface area contributed by atoms with Crippen molar-refractivity contribution in [3.8, 4) is 22.9 Å². The number of aromatic nitrogens is 3. The molecule has 5 saturated heterocycles. The van der Waals surface area contributed by atoms with E-state index in [0.29, 0.717) is 99.2 Å². The van der Waals surface area contributed by atoms with E-state index < -0.39 is 29.1 Å². The summed E-state index contributed by atoms with van der Waals surface area (Å²) in [6, 6.07) is 11.5. The van der Waals surface area contributed by atoms with Crippen molar-refractivity contribution in [1.82, 2.24) is 44.8 Å². The summed E-state index contributed by atoms with van der Waals surface area (Å²) >= 11 is 0. The molecule has 1 aliphatic carbocycles. The van der Waals surface area contributed by atoms with Crippen molar-refractivity contribution in [3.63, 3.8) is 0 Å². The number of likely N-dealkylation sites (tertiary alicyclic amines) is 3. The number of rotatable bonds is 12. The zero-order chi connectivity index (χ0) is 49.7. The molecule has 0 spiro atoms. The smallest absolute Gasteiger partial charge is 0.254 e. The molecule has 0 bridgehead atoms. The molecule has 0 saturated carbocycles. The molecule has 7 aliphatic rings. The van der Waals surface area contributed by atoms with Crippen LogP contribution in [0.4, 0.5) is 14.6 Å². The number of amides is 4. The van der Waals surface area contributed by atoms with Crippen molar-refractivity contribution in [2.24, 2.45) is 11.8 Å². The maximum atomic E-state index is 15.0. The SMILES string of the molecule is CCOc1cc(-c2ccc(N3CCC(CN4CCC(N5CC(N6CCC(C7C=CC8=C(C7)C(=O)N(C7CCC(=O)NC7=O)C8)CC6)C5)CC4)(NC(=O)c4cc(F)ccc4F)CC3)nc2)c2c(C#N)cnn2c1. The zero-order valence-electron chi connectivity index (χ0n) is 40.7. The Morgan fingerprint density at radius 2 is 1.74 bits per heavy atom.